The third kappa shape index (κ3) is 1.94. The number of carbonyl (C=O) groups excluding carboxylic acids is 1. The average Bonchev–Trinajstić information content (AvgIpc) is 2.58. The average molecular weight is 311 g/mol. The monoisotopic (exact) mass is 311 g/mol. The lowest BCUT2D eigenvalue weighted by Gasteiger charge is -2.38. The number of nitrogens with zero attached hydrogens (tertiary/aromatic N) is 1. The zero-order chi connectivity index (χ0) is 15.4. The van der Waals surface area contributed by atoms with Crippen LogP contribution in [0.2, 0.25) is 0 Å². The second kappa shape index (κ2) is 4.54. The summed E-state index contributed by atoms with van der Waals surface area (Å²) >= 11 is 0. The van der Waals surface area contributed by atoms with Gasteiger partial charge in [-0.3, -0.25) is 4.79 Å². The zero-order valence-corrected chi connectivity index (χ0v) is 12.0. The maximum atomic E-state index is 12.5. The van der Waals surface area contributed by atoms with E-state index < -0.39 is 27.9 Å². The number of carboxylic acid groups (broad SMARTS) is 1. The van der Waals surface area contributed by atoms with Crippen LogP contribution in [0.5, 0.6) is 0 Å². The summed E-state index contributed by atoms with van der Waals surface area (Å²) in [6.45, 7) is 0. The van der Waals surface area contributed by atoms with Gasteiger partial charge >= 0.3 is 5.97 Å². The second-order valence-electron chi connectivity index (χ2n) is 5.11. The molecular weight excluding hydrogens is 298 g/mol. The van der Waals surface area contributed by atoms with E-state index in [9.17, 15) is 18.0 Å². The predicted octanol–water partition coefficient (Wildman–Crippen LogP) is 0.707. The summed E-state index contributed by atoms with van der Waals surface area (Å²) < 4.78 is 30.9. The van der Waals surface area contributed by atoms with Crippen LogP contribution in [0.15, 0.2) is 23.1 Å². The SMILES string of the molecule is COC1CC(N2C(=O)c3ccc(C(=O)O)cc3S2(=O)=O)C1. The van der Waals surface area contributed by atoms with Gasteiger partial charge in [-0.2, -0.15) is 0 Å². The number of aromatic carboxylic acids is 1. The fourth-order valence-electron chi connectivity index (χ4n) is 2.66. The molecule has 0 unspecified atom stereocenters. The molecule has 1 aromatic carbocycles. The summed E-state index contributed by atoms with van der Waals surface area (Å²) in [6.07, 6.45) is 0.874. The molecule has 1 amide bonds. The van der Waals surface area contributed by atoms with Crippen LogP contribution in [-0.4, -0.2) is 49.0 Å². The minimum absolute atomic E-state index is 0.0286. The van der Waals surface area contributed by atoms with Gasteiger partial charge in [-0.05, 0) is 31.0 Å². The van der Waals surface area contributed by atoms with Crippen molar-refractivity contribution in [2.45, 2.75) is 29.9 Å². The van der Waals surface area contributed by atoms with Gasteiger partial charge in [-0.1, -0.05) is 0 Å². The summed E-state index contributed by atoms with van der Waals surface area (Å²) in [5, 5.41) is 8.94. The number of carbonyl (C=O) groups is 2. The summed E-state index contributed by atoms with van der Waals surface area (Å²) in [7, 11) is -2.44. The van der Waals surface area contributed by atoms with Crippen molar-refractivity contribution < 1.29 is 27.9 Å². The predicted molar refractivity (Wildman–Crippen MR) is 70.6 cm³/mol. The van der Waals surface area contributed by atoms with Crippen molar-refractivity contribution in [3.8, 4) is 0 Å². The molecule has 1 heterocycles. The fraction of sp³-hybridized carbons (Fsp3) is 0.385. The lowest BCUT2D eigenvalue weighted by molar-refractivity contribution is -0.00103. The van der Waals surface area contributed by atoms with Crippen LogP contribution in [-0.2, 0) is 14.8 Å². The first-order chi connectivity index (χ1) is 9.86. The maximum absolute atomic E-state index is 12.5. The molecule has 7 nitrogen and oxygen atoms in total. The number of hydrogen-bond acceptors (Lipinski definition) is 5. The molecule has 1 aliphatic heterocycles. The maximum Gasteiger partial charge on any atom is 0.335 e. The number of fused-ring (bicyclic) bond motifs is 1. The number of rotatable bonds is 3. The van der Waals surface area contributed by atoms with Crippen LogP contribution in [0.25, 0.3) is 0 Å². The third-order valence-electron chi connectivity index (χ3n) is 3.93. The lowest BCUT2D eigenvalue weighted by atomic mass is 9.89. The molecule has 1 aliphatic carbocycles. The minimum atomic E-state index is -3.98. The van der Waals surface area contributed by atoms with Crippen molar-refractivity contribution in [2.24, 2.45) is 0 Å². The second-order valence-corrected chi connectivity index (χ2v) is 6.89. The van der Waals surface area contributed by atoms with E-state index >= 15 is 0 Å². The van der Waals surface area contributed by atoms with Gasteiger partial charge in [0.25, 0.3) is 15.9 Å². The number of methoxy groups -OCH3 is 1. The van der Waals surface area contributed by atoms with Crippen LogP contribution in [0, 0.1) is 0 Å². The molecule has 112 valence electrons. The topological polar surface area (TPSA) is 101 Å². The van der Waals surface area contributed by atoms with E-state index in [0.29, 0.717) is 12.8 Å². The highest BCUT2D eigenvalue weighted by atomic mass is 32.2. The Balaban J connectivity index is 2.01. The van der Waals surface area contributed by atoms with Crippen molar-refractivity contribution in [1.29, 1.82) is 0 Å². The molecule has 0 atom stereocenters. The standard InChI is InChI=1S/C13H13NO6S/c1-20-9-5-8(6-9)14-12(15)10-3-2-7(13(16)17)4-11(10)21(14,18)19/h2-4,8-9H,5-6H2,1H3,(H,16,17). The van der Waals surface area contributed by atoms with Crippen LogP contribution in [0.1, 0.15) is 33.6 Å². The van der Waals surface area contributed by atoms with E-state index in [1.807, 2.05) is 0 Å². The molecule has 1 N–H and O–H groups in total. The molecule has 8 heteroatoms. The normalized spacial score (nSPS) is 26.3. The van der Waals surface area contributed by atoms with Gasteiger partial charge < -0.3 is 9.84 Å². The van der Waals surface area contributed by atoms with Gasteiger partial charge in [0.1, 0.15) is 4.90 Å². The minimum Gasteiger partial charge on any atom is -0.478 e. The number of benzene rings is 1. The zero-order valence-electron chi connectivity index (χ0n) is 11.1. The highest BCUT2D eigenvalue weighted by Gasteiger charge is 2.49. The van der Waals surface area contributed by atoms with Crippen LogP contribution >= 0.6 is 0 Å². The van der Waals surface area contributed by atoms with Crippen molar-refractivity contribution >= 4 is 21.9 Å². The van der Waals surface area contributed by atoms with E-state index in [-0.39, 0.29) is 22.1 Å². The van der Waals surface area contributed by atoms with Crippen molar-refractivity contribution in [3.63, 3.8) is 0 Å². The Morgan fingerprint density at radius 1 is 1.38 bits per heavy atom. The Hall–Kier alpha value is -1.93. The summed E-state index contributed by atoms with van der Waals surface area (Å²) in [6, 6.07) is 3.10. The Kier molecular flexibility index (Phi) is 3.03. The highest BCUT2D eigenvalue weighted by molar-refractivity contribution is 7.90. The van der Waals surface area contributed by atoms with Gasteiger partial charge in [0.05, 0.1) is 23.3 Å². The largest absolute Gasteiger partial charge is 0.478 e. The molecular formula is C13H13NO6S. The summed E-state index contributed by atoms with van der Waals surface area (Å²) in [4.78, 5) is 23.0. The Morgan fingerprint density at radius 3 is 2.62 bits per heavy atom. The fourth-order valence-corrected chi connectivity index (χ4v) is 4.47. The lowest BCUT2D eigenvalue weighted by Crippen LogP contribution is -2.50. The van der Waals surface area contributed by atoms with Gasteiger partial charge in [-0.25, -0.2) is 17.5 Å². The van der Waals surface area contributed by atoms with E-state index in [2.05, 4.69) is 0 Å². The van der Waals surface area contributed by atoms with Crippen LogP contribution in [0.4, 0.5) is 0 Å². The molecule has 1 aromatic rings. The molecule has 3 rings (SSSR count). The smallest absolute Gasteiger partial charge is 0.335 e. The number of sulfonamides is 1. The summed E-state index contributed by atoms with van der Waals surface area (Å²) in [5.74, 6) is -1.83. The van der Waals surface area contributed by atoms with E-state index in [4.69, 9.17) is 9.84 Å². The first-order valence-corrected chi connectivity index (χ1v) is 7.79. The first-order valence-electron chi connectivity index (χ1n) is 6.35. The Labute approximate surface area is 121 Å². The molecule has 0 bridgehead atoms. The highest BCUT2D eigenvalue weighted by Crippen LogP contribution is 2.39. The number of ether oxygens (including phenoxy) is 1. The van der Waals surface area contributed by atoms with Crippen molar-refractivity contribution in [3.05, 3.63) is 29.3 Å². The Morgan fingerprint density at radius 2 is 2.05 bits per heavy atom. The first kappa shape index (κ1) is 14.0. The third-order valence-corrected chi connectivity index (χ3v) is 5.81. The number of hydrogen-bond donors (Lipinski definition) is 1. The molecule has 1 fully saturated rings. The van der Waals surface area contributed by atoms with E-state index in [1.54, 1.807) is 0 Å². The molecule has 0 radical (unpaired) electrons. The molecule has 2 aliphatic rings. The quantitative estimate of drug-likeness (QED) is 0.882. The molecule has 0 saturated heterocycles. The van der Waals surface area contributed by atoms with E-state index in [0.717, 1.165) is 10.4 Å². The van der Waals surface area contributed by atoms with Crippen LogP contribution in [0.3, 0.4) is 0 Å². The number of amides is 1. The van der Waals surface area contributed by atoms with Gasteiger partial charge in [0, 0.05) is 7.11 Å². The molecule has 1 saturated carbocycles. The number of carboxylic acids is 1. The Bertz CT molecular complexity index is 735. The molecule has 21 heavy (non-hydrogen) atoms. The van der Waals surface area contributed by atoms with Crippen LogP contribution < -0.4 is 0 Å². The van der Waals surface area contributed by atoms with Gasteiger partial charge in [0.2, 0.25) is 0 Å². The van der Waals surface area contributed by atoms with Gasteiger partial charge in [-0.15, -0.1) is 0 Å². The van der Waals surface area contributed by atoms with Crippen molar-refractivity contribution in [2.75, 3.05) is 7.11 Å². The van der Waals surface area contributed by atoms with Gasteiger partial charge in [0.15, 0.2) is 0 Å². The molecule has 0 spiro atoms. The van der Waals surface area contributed by atoms with E-state index in [1.165, 1.54) is 19.2 Å². The molecule has 0 aromatic heterocycles. The van der Waals surface area contributed by atoms with Crippen molar-refractivity contribution in [1.82, 2.24) is 4.31 Å². The summed E-state index contributed by atoms with van der Waals surface area (Å²) in [5.41, 5.74) is -0.129.